The van der Waals surface area contributed by atoms with Crippen molar-refractivity contribution in [1.82, 2.24) is 29.9 Å². The second-order valence-corrected chi connectivity index (χ2v) is 13.3. The van der Waals surface area contributed by atoms with Gasteiger partial charge in [-0.2, -0.15) is 0 Å². The summed E-state index contributed by atoms with van der Waals surface area (Å²) in [5.41, 5.74) is 9.15. The minimum absolute atomic E-state index is 0.573. The Kier molecular flexibility index (Phi) is 9.22. The minimum atomic E-state index is 0.573. The molecule has 0 saturated heterocycles. The van der Waals surface area contributed by atoms with Gasteiger partial charge in [0.2, 0.25) is 0 Å². The topological polar surface area (TPSA) is 77.3 Å². The standard InChI is InChI=1S/C48H31ClN6/c49-41-29-15-28-40(36-24-13-26-38(30-36)47-52-43(32-16-5-1-6-17-32)50-44(53-47)33-18-7-2-8-19-33)42(41)37-25-14-27-39(31-37)48-54-45(34-20-9-3-10-21-34)51-46(55-48)35-22-11-4-12-23-35/h1-31H. The van der Waals surface area contributed by atoms with Crippen LogP contribution in [0.15, 0.2) is 188 Å². The lowest BCUT2D eigenvalue weighted by atomic mass is 9.92. The molecule has 0 aliphatic heterocycles. The Bertz CT molecular complexity index is 2640. The van der Waals surface area contributed by atoms with E-state index in [4.69, 9.17) is 41.5 Å². The molecule has 9 rings (SSSR count). The molecule has 0 aliphatic carbocycles. The van der Waals surface area contributed by atoms with E-state index in [2.05, 4.69) is 30.3 Å². The maximum absolute atomic E-state index is 7.08. The van der Waals surface area contributed by atoms with Crippen LogP contribution in [0.2, 0.25) is 5.02 Å². The van der Waals surface area contributed by atoms with E-state index >= 15 is 0 Å². The first-order chi connectivity index (χ1) is 27.2. The van der Waals surface area contributed by atoms with E-state index < -0.39 is 0 Å². The average Bonchev–Trinajstić information content (AvgIpc) is 3.27. The summed E-state index contributed by atoms with van der Waals surface area (Å²) in [7, 11) is 0. The molecule has 7 aromatic carbocycles. The van der Waals surface area contributed by atoms with Crippen LogP contribution in [-0.4, -0.2) is 29.9 Å². The van der Waals surface area contributed by atoms with Crippen molar-refractivity contribution in [2.75, 3.05) is 0 Å². The van der Waals surface area contributed by atoms with Gasteiger partial charge in [-0.25, -0.2) is 29.9 Å². The maximum Gasteiger partial charge on any atom is 0.164 e. The summed E-state index contributed by atoms with van der Waals surface area (Å²) < 4.78 is 0. The number of aromatic nitrogens is 6. The van der Waals surface area contributed by atoms with Crippen molar-refractivity contribution < 1.29 is 0 Å². The molecule has 0 radical (unpaired) electrons. The van der Waals surface area contributed by atoms with Crippen LogP contribution in [0.3, 0.4) is 0 Å². The van der Waals surface area contributed by atoms with Gasteiger partial charge in [0, 0.05) is 44.0 Å². The Balaban J connectivity index is 1.14. The molecule has 7 heteroatoms. The number of rotatable bonds is 8. The van der Waals surface area contributed by atoms with Crippen molar-refractivity contribution >= 4 is 11.6 Å². The summed E-state index contributed by atoms with van der Waals surface area (Å²) >= 11 is 7.08. The molecule has 0 unspecified atom stereocenters. The van der Waals surface area contributed by atoms with Crippen molar-refractivity contribution in [2.45, 2.75) is 0 Å². The summed E-state index contributed by atoms with van der Waals surface area (Å²) in [6, 6.07) is 62.4. The fourth-order valence-corrected chi connectivity index (χ4v) is 6.86. The van der Waals surface area contributed by atoms with Crippen molar-refractivity contribution in [3.63, 3.8) is 0 Å². The third-order valence-electron chi connectivity index (χ3n) is 9.25. The van der Waals surface area contributed by atoms with Crippen molar-refractivity contribution in [2.24, 2.45) is 0 Å². The zero-order valence-corrected chi connectivity index (χ0v) is 30.2. The predicted octanol–water partition coefficient (Wildman–Crippen LogP) is 12.0. The monoisotopic (exact) mass is 726 g/mol. The van der Waals surface area contributed by atoms with E-state index in [0.717, 1.165) is 55.6 Å². The normalized spacial score (nSPS) is 11.0. The molecule has 0 saturated carbocycles. The average molecular weight is 727 g/mol. The number of hydrogen-bond acceptors (Lipinski definition) is 6. The number of nitrogens with zero attached hydrogens (tertiary/aromatic N) is 6. The molecular weight excluding hydrogens is 696 g/mol. The highest BCUT2D eigenvalue weighted by Gasteiger charge is 2.18. The lowest BCUT2D eigenvalue weighted by molar-refractivity contribution is 1.07. The summed E-state index contributed by atoms with van der Waals surface area (Å²) in [6.45, 7) is 0. The van der Waals surface area contributed by atoms with Gasteiger partial charge in [-0.1, -0.05) is 181 Å². The van der Waals surface area contributed by atoms with Crippen LogP contribution in [0, 0.1) is 0 Å². The van der Waals surface area contributed by atoms with E-state index in [0.29, 0.717) is 40.0 Å². The van der Waals surface area contributed by atoms with Gasteiger partial charge in [0.05, 0.1) is 0 Å². The quantitative estimate of drug-likeness (QED) is 0.155. The summed E-state index contributed by atoms with van der Waals surface area (Å²) in [5.74, 6) is 3.59. The third kappa shape index (κ3) is 7.14. The molecule has 6 nitrogen and oxygen atoms in total. The van der Waals surface area contributed by atoms with E-state index in [9.17, 15) is 0 Å². The van der Waals surface area contributed by atoms with E-state index in [1.54, 1.807) is 0 Å². The highest BCUT2D eigenvalue weighted by molar-refractivity contribution is 6.34. The summed E-state index contributed by atoms with van der Waals surface area (Å²) in [4.78, 5) is 29.6. The van der Waals surface area contributed by atoms with E-state index in [1.807, 2.05) is 158 Å². The first kappa shape index (κ1) is 33.7. The Morgan fingerprint density at radius 3 is 0.945 bits per heavy atom. The molecule has 0 spiro atoms. The molecule has 0 atom stereocenters. The largest absolute Gasteiger partial charge is 0.208 e. The highest BCUT2D eigenvalue weighted by atomic mass is 35.5. The van der Waals surface area contributed by atoms with Gasteiger partial charge in [0.1, 0.15) is 0 Å². The lowest BCUT2D eigenvalue weighted by Gasteiger charge is -2.15. The van der Waals surface area contributed by atoms with Gasteiger partial charge in [-0.15, -0.1) is 0 Å². The van der Waals surface area contributed by atoms with E-state index in [1.165, 1.54) is 0 Å². The van der Waals surface area contributed by atoms with Crippen LogP contribution in [0.5, 0.6) is 0 Å². The zero-order chi connectivity index (χ0) is 37.0. The lowest BCUT2D eigenvalue weighted by Crippen LogP contribution is -2.00. The number of halogens is 1. The second kappa shape index (κ2) is 15.1. The summed E-state index contributed by atoms with van der Waals surface area (Å²) in [5, 5.41) is 0.628. The third-order valence-corrected chi connectivity index (χ3v) is 9.57. The first-order valence-corrected chi connectivity index (χ1v) is 18.3. The summed E-state index contributed by atoms with van der Waals surface area (Å²) in [6.07, 6.45) is 0. The van der Waals surface area contributed by atoms with Crippen molar-refractivity contribution in [1.29, 1.82) is 0 Å². The molecule has 0 aliphatic rings. The fourth-order valence-electron chi connectivity index (χ4n) is 6.57. The maximum atomic E-state index is 7.08. The molecule has 260 valence electrons. The fraction of sp³-hybridized carbons (Fsp3) is 0. The molecular formula is C48H31ClN6. The zero-order valence-electron chi connectivity index (χ0n) is 29.5. The molecule has 0 bridgehead atoms. The van der Waals surface area contributed by atoms with Gasteiger partial charge in [0.15, 0.2) is 34.9 Å². The van der Waals surface area contributed by atoms with Gasteiger partial charge in [-0.05, 0) is 34.9 Å². The van der Waals surface area contributed by atoms with Crippen molar-refractivity contribution in [3.05, 3.63) is 193 Å². The molecule has 2 heterocycles. The molecule has 9 aromatic rings. The van der Waals surface area contributed by atoms with Crippen LogP contribution in [0.25, 0.3) is 90.6 Å². The van der Waals surface area contributed by atoms with Crippen LogP contribution >= 0.6 is 11.6 Å². The molecule has 0 N–H and O–H groups in total. The minimum Gasteiger partial charge on any atom is -0.208 e. The highest BCUT2D eigenvalue weighted by Crippen LogP contribution is 2.40. The van der Waals surface area contributed by atoms with Gasteiger partial charge < -0.3 is 0 Å². The van der Waals surface area contributed by atoms with Gasteiger partial charge in [-0.3, -0.25) is 0 Å². The van der Waals surface area contributed by atoms with Crippen LogP contribution in [0.4, 0.5) is 0 Å². The smallest absolute Gasteiger partial charge is 0.164 e. The van der Waals surface area contributed by atoms with Crippen LogP contribution in [0.1, 0.15) is 0 Å². The SMILES string of the molecule is Clc1cccc(-c2cccc(-c3nc(-c4ccccc4)nc(-c4ccccc4)n3)c2)c1-c1cccc(-c2nc(-c3ccccc3)nc(-c3ccccc3)n2)c1. The predicted molar refractivity (Wildman–Crippen MR) is 222 cm³/mol. The number of hydrogen-bond donors (Lipinski definition) is 0. The molecule has 0 amide bonds. The first-order valence-electron chi connectivity index (χ1n) is 17.9. The molecule has 0 fully saturated rings. The van der Waals surface area contributed by atoms with Crippen molar-refractivity contribution in [3.8, 4) is 90.6 Å². The Morgan fingerprint density at radius 1 is 0.255 bits per heavy atom. The van der Waals surface area contributed by atoms with Gasteiger partial charge >= 0.3 is 0 Å². The van der Waals surface area contributed by atoms with Crippen LogP contribution < -0.4 is 0 Å². The second-order valence-electron chi connectivity index (χ2n) is 12.9. The Labute approximate surface area is 324 Å². The Morgan fingerprint density at radius 2 is 0.545 bits per heavy atom. The Hall–Kier alpha value is -7.15. The van der Waals surface area contributed by atoms with E-state index in [-0.39, 0.29) is 0 Å². The number of benzene rings is 7. The van der Waals surface area contributed by atoms with Gasteiger partial charge in [0.25, 0.3) is 0 Å². The molecule has 55 heavy (non-hydrogen) atoms. The molecule has 2 aromatic heterocycles. The van der Waals surface area contributed by atoms with Crippen LogP contribution in [-0.2, 0) is 0 Å².